The van der Waals surface area contributed by atoms with Crippen LogP contribution in [0.1, 0.15) is 13.8 Å². The van der Waals surface area contributed by atoms with Crippen LogP contribution < -0.4 is 15.8 Å². The molecule has 102 valence electrons. The van der Waals surface area contributed by atoms with Gasteiger partial charge in [-0.25, -0.2) is 0 Å². The van der Waals surface area contributed by atoms with Crippen LogP contribution in [0.5, 0.6) is 5.75 Å². The fourth-order valence-electron chi connectivity index (χ4n) is 1.42. The van der Waals surface area contributed by atoms with E-state index in [4.69, 9.17) is 10.5 Å². The normalized spacial score (nSPS) is 13.3. The molecule has 0 radical (unpaired) electrons. The highest BCUT2D eigenvalue weighted by Gasteiger charge is 2.15. The van der Waals surface area contributed by atoms with Crippen LogP contribution in [0.2, 0.25) is 0 Å². The average molecular weight is 252 g/mol. The first kappa shape index (κ1) is 15.0. The molecule has 0 saturated heterocycles. The third-order valence-corrected chi connectivity index (χ3v) is 2.72. The minimum Gasteiger partial charge on any atom is -0.491 e. The topological polar surface area (TPSA) is 67.5 Å². The number of nitrogens with two attached hydrogens (primary N) is 1. The lowest BCUT2D eigenvalue weighted by Gasteiger charge is -2.23. The highest BCUT2D eigenvalue weighted by Crippen LogP contribution is 2.10. The molecule has 1 unspecified atom stereocenters. The third-order valence-electron chi connectivity index (χ3n) is 2.72. The molecule has 1 aromatic carbocycles. The molecule has 1 rings (SSSR count). The Balaban J connectivity index is 2.16. The molecule has 1 aromatic rings. The van der Waals surface area contributed by atoms with E-state index in [1.54, 1.807) is 0 Å². The smallest absolute Gasteiger partial charge is 0.119 e. The van der Waals surface area contributed by atoms with Crippen LogP contribution in [0.15, 0.2) is 30.3 Å². The quantitative estimate of drug-likeness (QED) is 0.646. The summed E-state index contributed by atoms with van der Waals surface area (Å²) >= 11 is 0. The summed E-state index contributed by atoms with van der Waals surface area (Å²) in [5.41, 5.74) is 5.69. The standard InChI is InChI=1S/C14H24N2O2/c1-14(2,10-15)11-16-8-12(17)9-18-13-6-4-3-5-7-13/h3-7,12,16-17H,8-11,15H2,1-2H3. The van der Waals surface area contributed by atoms with E-state index in [-0.39, 0.29) is 5.41 Å². The maximum Gasteiger partial charge on any atom is 0.119 e. The minimum absolute atomic E-state index is 0.0556. The van der Waals surface area contributed by atoms with E-state index < -0.39 is 6.10 Å². The Bertz CT molecular complexity index is 328. The summed E-state index contributed by atoms with van der Waals surface area (Å²) in [4.78, 5) is 0. The van der Waals surface area contributed by atoms with E-state index in [1.165, 1.54) is 0 Å². The number of para-hydroxylation sites is 1. The van der Waals surface area contributed by atoms with E-state index in [2.05, 4.69) is 19.2 Å². The number of hydrogen-bond donors (Lipinski definition) is 3. The Labute approximate surface area is 109 Å². The first-order chi connectivity index (χ1) is 8.53. The number of aliphatic hydroxyl groups excluding tert-OH is 1. The summed E-state index contributed by atoms with van der Waals surface area (Å²) in [6, 6.07) is 9.49. The molecule has 18 heavy (non-hydrogen) atoms. The highest BCUT2D eigenvalue weighted by molar-refractivity contribution is 5.20. The van der Waals surface area contributed by atoms with Gasteiger partial charge in [0.2, 0.25) is 0 Å². The molecule has 0 amide bonds. The van der Waals surface area contributed by atoms with Gasteiger partial charge >= 0.3 is 0 Å². The second kappa shape index (κ2) is 7.36. The molecule has 0 bridgehead atoms. The Hall–Kier alpha value is -1.10. The summed E-state index contributed by atoms with van der Waals surface area (Å²) in [6.07, 6.45) is -0.515. The van der Waals surface area contributed by atoms with Gasteiger partial charge in [-0.15, -0.1) is 0 Å². The molecule has 0 spiro atoms. The van der Waals surface area contributed by atoms with Gasteiger partial charge in [-0.05, 0) is 24.1 Å². The molecule has 4 N–H and O–H groups in total. The van der Waals surface area contributed by atoms with E-state index >= 15 is 0 Å². The Kier molecular flexibility index (Phi) is 6.12. The Morgan fingerprint density at radius 2 is 2.00 bits per heavy atom. The van der Waals surface area contributed by atoms with Gasteiger partial charge in [0, 0.05) is 13.1 Å². The predicted molar refractivity (Wildman–Crippen MR) is 73.6 cm³/mol. The molecule has 0 aliphatic carbocycles. The highest BCUT2D eigenvalue weighted by atomic mass is 16.5. The van der Waals surface area contributed by atoms with E-state index in [0.29, 0.717) is 19.7 Å². The predicted octanol–water partition coefficient (Wildman–Crippen LogP) is 1.00. The Morgan fingerprint density at radius 1 is 1.33 bits per heavy atom. The van der Waals surface area contributed by atoms with Gasteiger partial charge in [0.15, 0.2) is 0 Å². The van der Waals surface area contributed by atoms with Gasteiger partial charge in [0.25, 0.3) is 0 Å². The molecule has 0 heterocycles. The van der Waals surface area contributed by atoms with Gasteiger partial charge in [0.05, 0.1) is 0 Å². The molecule has 4 heteroatoms. The van der Waals surface area contributed by atoms with Crippen molar-refractivity contribution in [2.24, 2.45) is 11.1 Å². The Morgan fingerprint density at radius 3 is 2.61 bits per heavy atom. The maximum atomic E-state index is 9.76. The van der Waals surface area contributed by atoms with Crippen LogP contribution in [0, 0.1) is 5.41 Å². The number of rotatable bonds is 8. The number of ether oxygens (including phenoxy) is 1. The molecular formula is C14H24N2O2. The molecular weight excluding hydrogens is 228 g/mol. The number of nitrogens with one attached hydrogen (secondary N) is 1. The first-order valence-corrected chi connectivity index (χ1v) is 6.30. The summed E-state index contributed by atoms with van der Waals surface area (Å²) in [5, 5.41) is 13.0. The summed E-state index contributed by atoms with van der Waals surface area (Å²) in [6.45, 7) is 6.39. The van der Waals surface area contributed by atoms with Crippen molar-refractivity contribution in [3.63, 3.8) is 0 Å². The average Bonchev–Trinajstić information content (AvgIpc) is 2.37. The molecule has 0 fully saturated rings. The van der Waals surface area contributed by atoms with Crippen LogP contribution >= 0.6 is 0 Å². The lowest BCUT2D eigenvalue weighted by Crippen LogP contribution is -2.40. The van der Waals surface area contributed by atoms with Gasteiger partial charge in [-0.1, -0.05) is 32.0 Å². The van der Waals surface area contributed by atoms with Crippen molar-refractivity contribution in [3.8, 4) is 5.75 Å². The van der Waals surface area contributed by atoms with Crippen molar-refractivity contribution in [1.29, 1.82) is 0 Å². The molecule has 1 atom stereocenters. The van der Waals surface area contributed by atoms with Gasteiger partial charge in [-0.2, -0.15) is 0 Å². The number of hydrogen-bond acceptors (Lipinski definition) is 4. The second-order valence-electron chi connectivity index (χ2n) is 5.28. The summed E-state index contributed by atoms with van der Waals surface area (Å²) < 4.78 is 5.46. The summed E-state index contributed by atoms with van der Waals surface area (Å²) in [5.74, 6) is 0.777. The minimum atomic E-state index is -0.515. The van der Waals surface area contributed by atoms with Gasteiger partial charge < -0.3 is 20.9 Å². The molecule has 0 aliphatic heterocycles. The zero-order valence-electron chi connectivity index (χ0n) is 11.2. The molecule has 0 saturated carbocycles. The van der Waals surface area contributed by atoms with Crippen LogP contribution in [-0.2, 0) is 0 Å². The zero-order chi connectivity index (χ0) is 13.4. The van der Waals surface area contributed by atoms with E-state index in [1.807, 2.05) is 30.3 Å². The van der Waals surface area contributed by atoms with Crippen molar-refractivity contribution in [2.45, 2.75) is 20.0 Å². The SMILES string of the molecule is CC(C)(CN)CNCC(O)COc1ccccc1. The van der Waals surface area contributed by atoms with Gasteiger partial charge in [-0.3, -0.25) is 0 Å². The van der Waals surface area contributed by atoms with Crippen molar-refractivity contribution in [1.82, 2.24) is 5.32 Å². The first-order valence-electron chi connectivity index (χ1n) is 6.30. The van der Waals surface area contributed by atoms with Crippen LogP contribution in [0.3, 0.4) is 0 Å². The lowest BCUT2D eigenvalue weighted by atomic mass is 9.94. The van der Waals surface area contributed by atoms with Crippen LogP contribution in [0.4, 0.5) is 0 Å². The van der Waals surface area contributed by atoms with Crippen LogP contribution in [-0.4, -0.2) is 37.5 Å². The van der Waals surface area contributed by atoms with Gasteiger partial charge in [0.1, 0.15) is 18.5 Å². The van der Waals surface area contributed by atoms with Crippen LogP contribution in [0.25, 0.3) is 0 Å². The monoisotopic (exact) mass is 252 g/mol. The number of benzene rings is 1. The molecule has 4 nitrogen and oxygen atoms in total. The largest absolute Gasteiger partial charge is 0.491 e. The van der Waals surface area contributed by atoms with E-state index in [9.17, 15) is 5.11 Å². The molecule has 0 aliphatic rings. The maximum absolute atomic E-state index is 9.76. The molecule has 0 aromatic heterocycles. The van der Waals surface area contributed by atoms with Crippen molar-refractivity contribution < 1.29 is 9.84 Å². The zero-order valence-corrected chi connectivity index (χ0v) is 11.2. The second-order valence-corrected chi connectivity index (χ2v) is 5.28. The number of aliphatic hydroxyl groups is 1. The lowest BCUT2D eigenvalue weighted by molar-refractivity contribution is 0.104. The van der Waals surface area contributed by atoms with Crippen molar-refractivity contribution in [2.75, 3.05) is 26.2 Å². The summed E-state index contributed by atoms with van der Waals surface area (Å²) in [7, 11) is 0. The fourth-order valence-corrected chi connectivity index (χ4v) is 1.42. The van der Waals surface area contributed by atoms with Crippen molar-refractivity contribution in [3.05, 3.63) is 30.3 Å². The van der Waals surface area contributed by atoms with Crippen molar-refractivity contribution >= 4 is 0 Å². The fraction of sp³-hybridized carbons (Fsp3) is 0.571. The third kappa shape index (κ3) is 6.00. The van der Waals surface area contributed by atoms with E-state index in [0.717, 1.165) is 12.3 Å².